The zero-order valence-electron chi connectivity index (χ0n) is 9.50. The van der Waals surface area contributed by atoms with Gasteiger partial charge >= 0.3 is 0 Å². The van der Waals surface area contributed by atoms with Crippen LogP contribution < -0.4 is 4.74 Å². The zero-order chi connectivity index (χ0) is 12.1. The molecule has 0 saturated carbocycles. The fourth-order valence-corrected chi connectivity index (χ4v) is 1.40. The summed E-state index contributed by atoms with van der Waals surface area (Å²) >= 11 is 0. The molecule has 3 nitrogen and oxygen atoms in total. The van der Waals surface area contributed by atoms with Crippen LogP contribution in [0.25, 0.3) is 0 Å². The van der Waals surface area contributed by atoms with Crippen molar-refractivity contribution in [2.24, 2.45) is 0 Å². The molecule has 0 amide bonds. The molecule has 0 aliphatic carbocycles. The fraction of sp³-hybridized carbons (Fsp3) is 0.143. The van der Waals surface area contributed by atoms with Crippen molar-refractivity contribution < 1.29 is 4.74 Å². The molecule has 0 aliphatic rings. The number of hydrogen-bond donors (Lipinski definition) is 0. The molecule has 17 heavy (non-hydrogen) atoms. The largest absolute Gasteiger partial charge is 0.439 e. The Balaban J connectivity index is 2.20. The third-order valence-corrected chi connectivity index (χ3v) is 2.35. The van der Waals surface area contributed by atoms with Crippen molar-refractivity contribution in [2.45, 2.75) is 12.8 Å². The summed E-state index contributed by atoms with van der Waals surface area (Å²) < 4.78 is 5.59. The Kier molecular flexibility index (Phi) is 3.37. The van der Waals surface area contributed by atoms with Crippen molar-refractivity contribution in [1.29, 1.82) is 5.26 Å². The van der Waals surface area contributed by atoms with Gasteiger partial charge in [-0.15, -0.1) is 0 Å². The van der Waals surface area contributed by atoms with Crippen LogP contribution in [0, 0.1) is 11.3 Å². The van der Waals surface area contributed by atoms with E-state index >= 15 is 0 Å². The smallest absolute Gasteiger partial charge is 0.219 e. The lowest BCUT2D eigenvalue weighted by Gasteiger charge is -2.07. The number of aromatic nitrogens is 1. The van der Waals surface area contributed by atoms with Gasteiger partial charge in [0.05, 0.1) is 17.7 Å². The second kappa shape index (κ2) is 5.13. The fourth-order valence-electron chi connectivity index (χ4n) is 1.40. The highest BCUT2D eigenvalue weighted by atomic mass is 16.5. The number of para-hydroxylation sites is 1. The molecule has 1 atom stereocenters. The number of ether oxygens (including phenoxy) is 1. The number of hydrogen-bond acceptors (Lipinski definition) is 3. The average Bonchev–Trinajstić information content (AvgIpc) is 2.39. The van der Waals surface area contributed by atoms with Gasteiger partial charge in [0.25, 0.3) is 0 Å². The number of rotatable bonds is 3. The van der Waals surface area contributed by atoms with E-state index in [1.807, 2.05) is 49.4 Å². The normalized spacial score (nSPS) is 11.5. The van der Waals surface area contributed by atoms with E-state index in [-0.39, 0.29) is 5.92 Å². The molecule has 1 heterocycles. The second-order valence-electron chi connectivity index (χ2n) is 3.67. The Bertz CT molecular complexity index is 531. The van der Waals surface area contributed by atoms with Gasteiger partial charge in [0.15, 0.2) is 0 Å². The van der Waals surface area contributed by atoms with Crippen LogP contribution in [-0.4, -0.2) is 4.98 Å². The predicted octanol–water partition coefficient (Wildman–Crippen LogP) is 3.50. The number of benzene rings is 1. The molecule has 2 aromatic rings. The Morgan fingerprint density at radius 3 is 2.59 bits per heavy atom. The standard InChI is InChI=1S/C14H12N2O/c1-11(10-15)13-8-5-9-14(16-13)17-12-6-3-2-4-7-12/h2-9,11H,1H3. The molecule has 3 heteroatoms. The van der Waals surface area contributed by atoms with Crippen molar-refractivity contribution in [3.63, 3.8) is 0 Å². The van der Waals surface area contributed by atoms with E-state index < -0.39 is 0 Å². The minimum atomic E-state index is -0.227. The minimum Gasteiger partial charge on any atom is -0.439 e. The van der Waals surface area contributed by atoms with Crippen molar-refractivity contribution in [1.82, 2.24) is 4.98 Å². The highest BCUT2D eigenvalue weighted by Gasteiger charge is 2.06. The van der Waals surface area contributed by atoms with Crippen LogP contribution >= 0.6 is 0 Å². The molecule has 0 bridgehead atoms. The molecule has 1 aromatic carbocycles. The van der Waals surface area contributed by atoms with E-state index in [9.17, 15) is 0 Å². The molecule has 2 rings (SSSR count). The van der Waals surface area contributed by atoms with Gasteiger partial charge in [-0.25, -0.2) is 4.98 Å². The first-order valence-electron chi connectivity index (χ1n) is 5.39. The Morgan fingerprint density at radius 1 is 1.12 bits per heavy atom. The molecule has 0 spiro atoms. The van der Waals surface area contributed by atoms with Gasteiger partial charge in [0.2, 0.25) is 5.88 Å². The minimum absolute atomic E-state index is 0.227. The summed E-state index contributed by atoms with van der Waals surface area (Å²) in [5.74, 6) is 1.02. The SMILES string of the molecule is CC(C#N)c1cccc(Oc2ccccc2)n1. The first-order valence-corrected chi connectivity index (χ1v) is 5.39. The quantitative estimate of drug-likeness (QED) is 0.801. The highest BCUT2D eigenvalue weighted by molar-refractivity contribution is 5.28. The van der Waals surface area contributed by atoms with E-state index in [1.165, 1.54) is 0 Å². The average molecular weight is 224 g/mol. The number of nitrogens with zero attached hydrogens (tertiary/aromatic N) is 2. The van der Waals surface area contributed by atoms with E-state index in [2.05, 4.69) is 11.1 Å². The third kappa shape index (κ3) is 2.82. The van der Waals surface area contributed by atoms with Gasteiger partial charge in [0.1, 0.15) is 5.75 Å². The molecular weight excluding hydrogens is 212 g/mol. The molecule has 0 N–H and O–H groups in total. The molecule has 0 fully saturated rings. The van der Waals surface area contributed by atoms with E-state index in [0.29, 0.717) is 5.88 Å². The summed E-state index contributed by atoms with van der Waals surface area (Å²) in [6, 6.07) is 17.1. The predicted molar refractivity (Wildman–Crippen MR) is 64.8 cm³/mol. The molecule has 1 unspecified atom stereocenters. The van der Waals surface area contributed by atoms with Crippen molar-refractivity contribution >= 4 is 0 Å². The monoisotopic (exact) mass is 224 g/mol. The third-order valence-electron chi connectivity index (χ3n) is 2.35. The van der Waals surface area contributed by atoms with E-state index in [1.54, 1.807) is 6.07 Å². The van der Waals surface area contributed by atoms with Crippen molar-refractivity contribution in [2.75, 3.05) is 0 Å². The summed E-state index contributed by atoms with van der Waals surface area (Å²) in [6.45, 7) is 1.81. The molecule has 0 radical (unpaired) electrons. The van der Waals surface area contributed by atoms with Crippen LogP contribution in [0.5, 0.6) is 11.6 Å². The zero-order valence-corrected chi connectivity index (χ0v) is 9.50. The van der Waals surface area contributed by atoms with Gasteiger partial charge in [-0.1, -0.05) is 24.3 Å². The molecule has 1 aromatic heterocycles. The van der Waals surface area contributed by atoms with Crippen LogP contribution in [0.4, 0.5) is 0 Å². The van der Waals surface area contributed by atoms with Crippen LogP contribution in [0.1, 0.15) is 18.5 Å². The van der Waals surface area contributed by atoms with Gasteiger partial charge in [-0.05, 0) is 25.1 Å². The van der Waals surface area contributed by atoms with Gasteiger partial charge in [0, 0.05) is 6.07 Å². The molecular formula is C14H12N2O. The summed E-state index contributed by atoms with van der Waals surface area (Å²) in [5, 5.41) is 8.84. The maximum atomic E-state index is 8.84. The van der Waals surface area contributed by atoms with E-state index in [0.717, 1.165) is 11.4 Å². The van der Waals surface area contributed by atoms with Crippen molar-refractivity contribution in [3.8, 4) is 17.7 Å². The topological polar surface area (TPSA) is 45.9 Å². The van der Waals surface area contributed by atoms with Crippen LogP contribution in [0.15, 0.2) is 48.5 Å². The lowest BCUT2D eigenvalue weighted by atomic mass is 10.1. The lowest BCUT2D eigenvalue weighted by molar-refractivity contribution is 0.460. The first kappa shape index (κ1) is 11.2. The van der Waals surface area contributed by atoms with Gasteiger partial charge in [-0.2, -0.15) is 5.26 Å². The van der Waals surface area contributed by atoms with Crippen LogP contribution in [-0.2, 0) is 0 Å². The Hall–Kier alpha value is -2.34. The first-order chi connectivity index (χ1) is 8.29. The Labute approximate surface area is 100 Å². The second-order valence-corrected chi connectivity index (χ2v) is 3.67. The maximum absolute atomic E-state index is 8.84. The van der Waals surface area contributed by atoms with Crippen LogP contribution in [0.2, 0.25) is 0 Å². The maximum Gasteiger partial charge on any atom is 0.219 e. The number of nitriles is 1. The Morgan fingerprint density at radius 2 is 1.88 bits per heavy atom. The summed E-state index contributed by atoms with van der Waals surface area (Å²) in [6.07, 6.45) is 0. The number of pyridine rings is 1. The molecule has 0 saturated heterocycles. The lowest BCUT2D eigenvalue weighted by Crippen LogP contribution is -1.96. The summed E-state index contributed by atoms with van der Waals surface area (Å²) in [5.41, 5.74) is 0.723. The summed E-state index contributed by atoms with van der Waals surface area (Å²) in [7, 11) is 0. The summed E-state index contributed by atoms with van der Waals surface area (Å²) in [4.78, 5) is 4.29. The van der Waals surface area contributed by atoms with Gasteiger partial charge in [-0.3, -0.25) is 0 Å². The van der Waals surface area contributed by atoms with Gasteiger partial charge < -0.3 is 4.74 Å². The molecule has 0 aliphatic heterocycles. The molecule has 84 valence electrons. The van der Waals surface area contributed by atoms with E-state index in [4.69, 9.17) is 10.00 Å². The van der Waals surface area contributed by atoms with Crippen molar-refractivity contribution in [3.05, 3.63) is 54.2 Å². The van der Waals surface area contributed by atoms with Crippen LogP contribution in [0.3, 0.4) is 0 Å². The highest BCUT2D eigenvalue weighted by Crippen LogP contribution is 2.21.